The van der Waals surface area contributed by atoms with Crippen LogP contribution in [-0.2, 0) is 22.6 Å². The van der Waals surface area contributed by atoms with Gasteiger partial charge in [-0.2, -0.15) is 0 Å². The quantitative estimate of drug-likeness (QED) is 0.518. The maximum Gasteiger partial charge on any atom is 0.287 e. The molecule has 0 radical (unpaired) electrons. The second-order valence-corrected chi connectivity index (χ2v) is 9.76. The Morgan fingerprint density at radius 1 is 0.974 bits per heavy atom. The van der Waals surface area contributed by atoms with Crippen LogP contribution >= 0.6 is 0 Å². The Kier molecular flexibility index (Phi) is 7.44. The summed E-state index contributed by atoms with van der Waals surface area (Å²) < 4.78 is 5.64. The van der Waals surface area contributed by atoms with Crippen molar-refractivity contribution in [3.8, 4) is 0 Å². The number of nitrogens with zero attached hydrogens (tertiary/aromatic N) is 3. The minimum Gasteiger partial charge on any atom is -0.451 e. The van der Waals surface area contributed by atoms with Crippen LogP contribution in [0.25, 0.3) is 11.0 Å². The van der Waals surface area contributed by atoms with E-state index in [1.54, 1.807) is 17.0 Å². The first-order chi connectivity index (χ1) is 18.4. The predicted octanol–water partition coefficient (Wildman–Crippen LogP) is 2.56. The fourth-order valence-corrected chi connectivity index (χ4v) is 5.12. The zero-order chi connectivity index (χ0) is 26.6. The van der Waals surface area contributed by atoms with Crippen molar-refractivity contribution in [2.45, 2.75) is 32.7 Å². The van der Waals surface area contributed by atoms with Crippen LogP contribution in [-0.4, -0.2) is 66.8 Å². The molecule has 0 bridgehead atoms. The number of hydrogen-bond acceptors (Lipinski definition) is 6. The largest absolute Gasteiger partial charge is 0.451 e. The molecule has 1 aromatic heterocycles. The second-order valence-electron chi connectivity index (χ2n) is 9.76. The summed E-state index contributed by atoms with van der Waals surface area (Å²) in [5.74, 6) is -0.700. The van der Waals surface area contributed by atoms with Crippen LogP contribution in [0.5, 0.6) is 0 Å². The van der Waals surface area contributed by atoms with Crippen LogP contribution < -0.4 is 15.6 Å². The maximum atomic E-state index is 12.8. The zero-order valence-corrected chi connectivity index (χ0v) is 21.6. The molecule has 9 nitrogen and oxygen atoms in total. The molecular weight excluding hydrogens is 484 g/mol. The lowest BCUT2D eigenvalue weighted by Crippen LogP contribution is -2.51. The number of carbonyl (C=O) groups excluding carboxylic acids is 3. The Hall–Kier alpha value is -4.14. The highest BCUT2D eigenvalue weighted by atomic mass is 16.3. The van der Waals surface area contributed by atoms with Gasteiger partial charge in [-0.05, 0) is 42.2 Å². The van der Waals surface area contributed by atoms with E-state index in [4.69, 9.17) is 4.42 Å². The van der Waals surface area contributed by atoms with Crippen molar-refractivity contribution in [3.05, 3.63) is 75.6 Å². The third-order valence-electron chi connectivity index (χ3n) is 7.32. The van der Waals surface area contributed by atoms with Crippen LogP contribution in [0, 0.1) is 0 Å². The fourth-order valence-electron chi connectivity index (χ4n) is 5.12. The molecule has 1 N–H and O–H groups in total. The Bertz CT molecular complexity index is 1420. The van der Waals surface area contributed by atoms with Gasteiger partial charge < -0.3 is 24.4 Å². The van der Waals surface area contributed by atoms with Crippen molar-refractivity contribution in [2.75, 3.05) is 44.2 Å². The number of hydrogen-bond donors (Lipinski definition) is 1. The van der Waals surface area contributed by atoms with Gasteiger partial charge in [0.1, 0.15) is 5.58 Å². The molecule has 9 heteroatoms. The number of amides is 3. The summed E-state index contributed by atoms with van der Waals surface area (Å²) in [5, 5.41) is 3.03. The van der Waals surface area contributed by atoms with E-state index in [1.807, 2.05) is 30.0 Å². The molecular formula is C29H32N4O5. The van der Waals surface area contributed by atoms with Gasteiger partial charge in [-0.1, -0.05) is 31.2 Å². The minimum atomic E-state index is -0.596. The van der Waals surface area contributed by atoms with Crippen LogP contribution in [0.2, 0.25) is 0 Å². The molecule has 2 aliphatic heterocycles. The summed E-state index contributed by atoms with van der Waals surface area (Å²) in [6.07, 6.45) is 2.32. The summed E-state index contributed by atoms with van der Waals surface area (Å²) in [4.78, 5) is 55.9. The number of carbonyl (C=O) groups is 3. The third-order valence-corrected chi connectivity index (χ3v) is 7.32. The van der Waals surface area contributed by atoms with Crippen LogP contribution in [0.3, 0.4) is 0 Å². The van der Waals surface area contributed by atoms with Gasteiger partial charge in [0.2, 0.25) is 11.8 Å². The lowest BCUT2D eigenvalue weighted by Gasteiger charge is -2.37. The highest BCUT2D eigenvalue weighted by Crippen LogP contribution is 2.25. The summed E-state index contributed by atoms with van der Waals surface area (Å²) >= 11 is 0. The number of benzene rings is 2. The molecule has 0 unspecified atom stereocenters. The Morgan fingerprint density at radius 2 is 1.76 bits per heavy atom. The number of fused-ring (bicyclic) bond motifs is 1. The summed E-state index contributed by atoms with van der Waals surface area (Å²) in [7, 11) is 0. The van der Waals surface area contributed by atoms with Gasteiger partial charge in [-0.15, -0.1) is 0 Å². The van der Waals surface area contributed by atoms with Crippen molar-refractivity contribution in [3.63, 3.8) is 0 Å². The van der Waals surface area contributed by atoms with Gasteiger partial charge in [-0.3, -0.25) is 19.2 Å². The minimum absolute atomic E-state index is 0.113. The molecule has 2 saturated heterocycles. The first-order valence-electron chi connectivity index (χ1n) is 13.2. The third kappa shape index (κ3) is 5.41. The molecule has 0 aliphatic carbocycles. The standard InChI is InChI=1S/C29H32N4O5/c1-2-20-9-10-25-22(16-20)24(34)17-26(38-25)29(37)30-18-28(36)32-14-12-31(13-15-32)23-7-4-3-6-21(23)19-33-11-5-8-27(33)35/h3-4,6-7,9-10,16-17H,2,5,8,11-15,18-19H2,1H3,(H,30,37). The van der Waals surface area contributed by atoms with Gasteiger partial charge in [-0.25, -0.2) is 0 Å². The average Bonchev–Trinajstić information content (AvgIpc) is 3.35. The van der Waals surface area contributed by atoms with Crippen LogP contribution in [0.1, 0.15) is 41.4 Å². The molecule has 3 amide bonds. The Labute approximate surface area is 221 Å². The number of piperazine rings is 1. The van der Waals surface area contributed by atoms with Crippen LogP contribution in [0.4, 0.5) is 5.69 Å². The molecule has 0 saturated carbocycles. The SMILES string of the molecule is CCc1ccc2oc(C(=O)NCC(=O)N3CCN(c4ccccc4CN4CCCC4=O)CC3)cc(=O)c2c1. The van der Waals surface area contributed by atoms with E-state index in [0.717, 1.165) is 36.2 Å². The van der Waals surface area contributed by atoms with E-state index >= 15 is 0 Å². The van der Waals surface area contributed by atoms with Crippen LogP contribution in [0.15, 0.2) is 57.7 Å². The van der Waals surface area contributed by atoms with E-state index in [0.29, 0.717) is 50.1 Å². The molecule has 3 heterocycles. The fraction of sp³-hybridized carbons (Fsp3) is 0.379. The van der Waals surface area contributed by atoms with E-state index in [1.165, 1.54) is 6.07 Å². The lowest BCUT2D eigenvalue weighted by molar-refractivity contribution is -0.130. The highest BCUT2D eigenvalue weighted by molar-refractivity contribution is 5.95. The van der Waals surface area contributed by atoms with E-state index in [-0.39, 0.29) is 29.5 Å². The summed E-state index contributed by atoms with van der Waals surface area (Å²) in [6.45, 7) is 5.58. The van der Waals surface area contributed by atoms with Crippen molar-refractivity contribution in [2.24, 2.45) is 0 Å². The molecule has 0 spiro atoms. The summed E-state index contributed by atoms with van der Waals surface area (Å²) in [5.41, 5.74) is 3.26. The van der Waals surface area contributed by atoms with Gasteiger partial charge in [0.05, 0.1) is 11.9 Å². The van der Waals surface area contributed by atoms with E-state index in [2.05, 4.69) is 22.3 Å². The van der Waals surface area contributed by atoms with Gasteiger partial charge in [0, 0.05) is 57.4 Å². The molecule has 198 valence electrons. The monoisotopic (exact) mass is 516 g/mol. The normalized spacial score (nSPS) is 15.8. The number of anilines is 1. The molecule has 2 fully saturated rings. The topological polar surface area (TPSA) is 103 Å². The van der Waals surface area contributed by atoms with Crippen molar-refractivity contribution >= 4 is 34.4 Å². The van der Waals surface area contributed by atoms with E-state index in [9.17, 15) is 19.2 Å². The van der Waals surface area contributed by atoms with Crippen molar-refractivity contribution < 1.29 is 18.8 Å². The molecule has 3 aromatic rings. The molecule has 0 atom stereocenters. The predicted molar refractivity (Wildman–Crippen MR) is 144 cm³/mol. The van der Waals surface area contributed by atoms with E-state index < -0.39 is 5.91 Å². The molecule has 38 heavy (non-hydrogen) atoms. The summed E-state index contributed by atoms with van der Waals surface area (Å²) in [6, 6.07) is 14.6. The van der Waals surface area contributed by atoms with Gasteiger partial charge >= 0.3 is 0 Å². The molecule has 2 aliphatic rings. The highest BCUT2D eigenvalue weighted by Gasteiger charge is 2.25. The molecule has 2 aromatic carbocycles. The Balaban J connectivity index is 1.16. The smallest absolute Gasteiger partial charge is 0.287 e. The number of aryl methyl sites for hydroxylation is 1. The first-order valence-corrected chi connectivity index (χ1v) is 13.2. The lowest BCUT2D eigenvalue weighted by atomic mass is 10.1. The van der Waals surface area contributed by atoms with Crippen molar-refractivity contribution in [1.82, 2.24) is 15.1 Å². The number of likely N-dealkylation sites (tertiary alicyclic amines) is 1. The number of nitrogens with one attached hydrogen (secondary N) is 1. The number of para-hydroxylation sites is 1. The Morgan fingerprint density at radius 3 is 2.50 bits per heavy atom. The van der Waals surface area contributed by atoms with Gasteiger partial charge in [0.15, 0.2) is 11.2 Å². The first kappa shape index (κ1) is 25.5. The van der Waals surface area contributed by atoms with Gasteiger partial charge in [0.25, 0.3) is 5.91 Å². The van der Waals surface area contributed by atoms with Crippen molar-refractivity contribution in [1.29, 1.82) is 0 Å². The second kappa shape index (κ2) is 11.1. The maximum absolute atomic E-state index is 12.8. The number of rotatable bonds is 7. The molecule has 5 rings (SSSR count). The average molecular weight is 517 g/mol. The zero-order valence-electron chi connectivity index (χ0n) is 21.6.